The minimum Gasteiger partial charge on any atom is -0.508 e. The number of phenolic OH excluding ortho intramolecular Hbond substituents is 1. The quantitative estimate of drug-likeness (QED) is 0.734. The lowest BCUT2D eigenvalue weighted by Gasteiger charge is -2.44. The number of fused-ring (bicyclic) bond motifs is 3. The van der Waals surface area contributed by atoms with E-state index >= 15 is 0 Å². The first-order valence-corrected chi connectivity index (χ1v) is 10.6. The number of aromatic hydroxyl groups is 1. The average molecular weight is 415 g/mol. The molecule has 6 nitrogen and oxygen atoms in total. The zero-order chi connectivity index (χ0) is 22.3. The number of rotatable bonds is 1. The number of carbonyl (C=O) groups is 1. The number of anilines is 1. The maximum Gasteiger partial charge on any atom is 0.248 e. The molecule has 1 amide bonds. The van der Waals surface area contributed by atoms with Gasteiger partial charge in [0.1, 0.15) is 28.6 Å². The van der Waals surface area contributed by atoms with Crippen LogP contribution >= 0.6 is 0 Å². The van der Waals surface area contributed by atoms with E-state index in [1.807, 2.05) is 11.0 Å². The van der Waals surface area contributed by atoms with Crippen molar-refractivity contribution in [2.24, 2.45) is 5.73 Å². The molecular formula is C25H25N3O3. The van der Waals surface area contributed by atoms with E-state index < -0.39 is 11.0 Å². The van der Waals surface area contributed by atoms with Gasteiger partial charge in [0.15, 0.2) is 0 Å². The predicted molar refractivity (Wildman–Crippen MR) is 117 cm³/mol. The Hall–Kier alpha value is -3.46. The second kappa shape index (κ2) is 6.04. The van der Waals surface area contributed by atoms with Gasteiger partial charge in [0.2, 0.25) is 11.8 Å². The summed E-state index contributed by atoms with van der Waals surface area (Å²) in [5.74, 6) is 0.275. The molecule has 3 aliphatic rings. The summed E-state index contributed by atoms with van der Waals surface area (Å²) < 4.78 is 5.71. The average Bonchev–Trinajstić information content (AvgIpc) is 2.96. The van der Waals surface area contributed by atoms with Crippen molar-refractivity contribution < 1.29 is 14.6 Å². The number of nitriles is 1. The summed E-state index contributed by atoms with van der Waals surface area (Å²) in [6, 6.07) is 11.1. The van der Waals surface area contributed by atoms with Gasteiger partial charge >= 0.3 is 0 Å². The van der Waals surface area contributed by atoms with Gasteiger partial charge in [-0.2, -0.15) is 5.26 Å². The van der Waals surface area contributed by atoms with Crippen molar-refractivity contribution in [2.75, 3.05) is 4.90 Å². The molecule has 2 aromatic rings. The Bertz CT molecular complexity index is 1240. The highest BCUT2D eigenvalue weighted by Crippen LogP contribution is 2.61. The van der Waals surface area contributed by atoms with Crippen LogP contribution in [0.5, 0.6) is 11.5 Å². The van der Waals surface area contributed by atoms with Crippen LogP contribution in [0.4, 0.5) is 5.69 Å². The van der Waals surface area contributed by atoms with E-state index in [9.17, 15) is 15.2 Å². The number of nitrogens with two attached hydrogens (primary N) is 1. The molecule has 0 radical (unpaired) electrons. The van der Waals surface area contributed by atoms with Crippen LogP contribution in [0.2, 0.25) is 0 Å². The highest BCUT2D eigenvalue weighted by Gasteiger charge is 2.63. The third-order valence-electron chi connectivity index (χ3n) is 7.02. The standard InChI is InChI=1S/C25H25N3O3/c1-5-14-8-16-13(2)11-24(3,4)28-21(16)18(9-14)25(23(28)30)17-7-6-15(29)10-20(17)31-22(27)19(25)12-26/h6-10,13,29H,5,11,27H2,1-4H3. The first kappa shape index (κ1) is 19.5. The minimum absolute atomic E-state index is 0.00546. The molecule has 0 saturated carbocycles. The van der Waals surface area contributed by atoms with E-state index in [4.69, 9.17) is 10.5 Å². The zero-order valence-electron chi connectivity index (χ0n) is 18.1. The molecule has 3 heterocycles. The summed E-state index contributed by atoms with van der Waals surface area (Å²) in [6.45, 7) is 8.40. The molecule has 0 bridgehead atoms. The van der Waals surface area contributed by atoms with Gasteiger partial charge in [-0.15, -0.1) is 0 Å². The number of hydrogen-bond acceptors (Lipinski definition) is 5. The van der Waals surface area contributed by atoms with Gasteiger partial charge in [-0.3, -0.25) is 4.79 Å². The van der Waals surface area contributed by atoms with Gasteiger partial charge in [-0.25, -0.2) is 0 Å². The molecule has 6 heteroatoms. The number of hydrogen-bond donors (Lipinski definition) is 2. The van der Waals surface area contributed by atoms with Crippen molar-refractivity contribution in [3.8, 4) is 17.6 Å². The van der Waals surface area contributed by atoms with Crippen molar-refractivity contribution in [3.05, 3.63) is 64.0 Å². The van der Waals surface area contributed by atoms with Crippen molar-refractivity contribution >= 4 is 11.6 Å². The third kappa shape index (κ3) is 2.24. The van der Waals surface area contributed by atoms with Crippen LogP contribution in [-0.2, 0) is 16.6 Å². The number of nitrogens with zero attached hydrogens (tertiary/aromatic N) is 2. The number of aryl methyl sites for hydroxylation is 1. The fraction of sp³-hybridized carbons (Fsp3) is 0.360. The van der Waals surface area contributed by atoms with Crippen molar-refractivity contribution in [2.45, 2.75) is 57.4 Å². The monoisotopic (exact) mass is 415 g/mol. The van der Waals surface area contributed by atoms with E-state index in [0.29, 0.717) is 11.3 Å². The summed E-state index contributed by atoms with van der Waals surface area (Å²) in [5.41, 5.74) is 8.93. The SMILES string of the molecule is CCc1cc2c3c(c1)C1(C(=O)N3C(C)(C)CC2C)C(C#N)=C(N)Oc2cc(O)ccc21. The Labute approximate surface area is 181 Å². The van der Waals surface area contributed by atoms with Crippen LogP contribution in [0, 0.1) is 11.3 Å². The predicted octanol–water partition coefficient (Wildman–Crippen LogP) is 3.96. The maximum atomic E-state index is 14.4. The normalized spacial score (nSPS) is 25.2. The molecule has 0 aromatic heterocycles. The van der Waals surface area contributed by atoms with E-state index in [-0.39, 0.29) is 29.0 Å². The Kier molecular flexibility index (Phi) is 3.80. The summed E-state index contributed by atoms with van der Waals surface area (Å²) in [7, 11) is 0. The summed E-state index contributed by atoms with van der Waals surface area (Å²) in [6.07, 6.45) is 1.62. The second-order valence-electron chi connectivity index (χ2n) is 9.38. The second-order valence-corrected chi connectivity index (χ2v) is 9.38. The van der Waals surface area contributed by atoms with Gasteiger partial charge in [0.05, 0.1) is 5.69 Å². The lowest BCUT2D eigenvalue weighted by atomic mass is 9.68. The minimum atomic E-state index is -1.39. The fourth-order valence-electron chi connectivity index (χ4n) is 5.78. The van der Waals surface area contributed by atoms with Crippen LogP contribution in [0.15, 0.2) is 41.8 Å². The van der Waals surface area contributed by atoms with E-state index in [1.54, 1.807) is 6.07 Å². The Morgan fingerprint density at radius 2 is 2.03 bits per heavy atom. The van der Waals surface area contributed by atoms with E-state index in [1.165, 1.54) is 12.1 Å². The van der Waals surface area contributed by atoms with Gasteiger partial charge in [-0.05, 0) is 55.9 Å². The summed E-state index contributed by atoms with van der Waals surface area (Å²) in [4.78, 5) is 16.3. The zero-order valence-corrected chi connectivity index (χ0v) is 18.1. The number of amides is 1. The lowest BCUT2D eigenvalue weighted by Crippen LogP contribution is -2.54. The first-order chi connectivity index (χ1) is 14.7. The highest BCUT2D eigenvalue weighted by atomic mass is 16.5. The molecule has 0 aliphatic carbocycles. The summed E-state index contributed by atoms with van der Waals surface area (Å²) >= 11 is 0. The van der Waals surface area contributed by atoms with Gasteiger partial charge < -0.3 is 20.5 Å². The van der Waals surface area contributed by atoms with Crippen LogP contribution in [0.1, 0.15) is 62.3 Å². The van der Waals surface area contributed by atoms with Crippen molar-refractivity contribution in [1.29, 1.82) is 5.26 Å². The van der Waals surface area contributed by atoms with Gasteiger partial charge in [0, 0.05) is 22.7 Å². The van der Waals surface area contributed by atoms with Crippen molar-refractivity contribution in [3.63, 3.8) is 0 Å². The maximum absolute atomic E-state index is 14.4. The van der Waals surface area contributed by atoms with Gasteiger partial charge in [-0.1, -0.05) is 26.0 Å². The first-order valence-electron chi connectivity index (χ1n) is 10.6. The topological polar surface area (TPSA) is 99.6 Å². The third-order valence-corrected chi connectivity index (χ3v) is 7.02. The molecule has 3 N–H and O–H groups in total. The van der Waals surface area contributed by atoms with Crippen molar-refractivity contribution in [1.82, 2.24) is 0 Å². The number of benzene rings is 2. The number of phenols is 1. The molecule has 2 aromatic carbocycles. The molecule has 5 rings (SSSR count). The Morgan fingerprint density at radius 1 is 1.29 bits per heavy atom. The van der Waals surface area contributed by atoms with E-state index in [0.717, 1.165) is 35.2 Å². The smallest absolute Gasteiger partial charge is 0.248 e. The number of ether oxygens (including phenoxy) is 1. The lowest BCUT2D eigenvalue weighted by molar-refractivity contribution is -0.122. The van der Waals surface area contributed by atoms with Crippen LogP contribution in [0.3, 0.4) is 0 Å². The summed E-state index contributed by atoms with van der Waals surface area (Å²) in [5, 5.41) is 20.2. The molecule has 2 atom stereocenters. The molecule has 0 saturated heterocycles. The van der Waals surface area contributed by atoms with Gasteiger partial charge in [0.25, 0.3) is 0 Å². The molecule has 3 aliphatic heterocycles. The molecule has 31 heavy (non-hydrogen) atoms. The Morgan fingerprint density at radius 3 is 2.71 bits per heavy atom. The fourth-order valence-corrected chi connectivity index (χ4v) is 5.78. The molecule has 2 unspecified atom stereocenters. The van der Waals surface area contributed by atoms with Crippen LogP contribution < -0.4 is 15.4 Å². The molecule has 1 spiro atoms. The molecular weight excluding hydrogens is 390 g/mol. The largest absolute Gasteiger partial charge is 0.508 e. The molecule has 0 fully saturated rings. The van der Waals surface area contributed by atoms with Crippen LogP contribution in [-0.4, -0.2) is 16.6 Å². The van der Waals surface area contributed by atoms with E-state index in [2.05, 4.69) is 39.8 Å². The Balaban J connectivity index is 1.98. The number of carbonyl (C=O) groups excluding carboxylic acids is 1. The van der Waals surface area contributed by atoms with Crippen LogP contribution in [0.25, 0.3) is 0 Å². The molecule has 158 valence electrons. The highest BCUT2D eigenvalue weighted by molar-refractivity contribution is 6.16.